The van der Waals surface area contributed by atoms with Crippen molar-refractivity contribution in [1.82, 2.24) is 0 Å². The summed E-state index contributed by atoms with van der Waals surface area (Å²) in [7, 11) is 0. The van der Waals surface area contributed by atoms with E-state index in [2.05, 4.69) is 5.32 Å². The van der Waals surface area contributed by atoms with Crippen molar-refractivity contribution in [2.45, 2.75) is 19.8 Å². The fraction of sp³-hybridized carbons (Fsp3) is 0.222. The van der Waals surface area contributed by atoms with Crippen molar-refractivity contribution < 1.29 is 14.0 Å². The van der Waals surface area contributed by atoms with Gasteiger partial charge in [-0.25, -0.2) is 4.39 Å². The molecule has 118 valence electrons. The highest BCUT2D eigenvalue weighted by molar-refractivity contribution is 6.07. The van der Waals surface area contributed by atoms with Gasteiger partial charge in [0.05, 0.1) is 5.69 Å². The van der Waals surface area contributed by atoms with E-state index in [1.165, 1.54) is 17.9 Å². The summed E-state index contributed by atoms with van der Waals surface area (Å²) in [6.07, 6.45) is 1.59. The largest absolute Gasteiger partial charge is 0.326 e. The third-order valence-corrected chi connectivity index (χ3v) is 3.87. The molecule has 5 heteroatoms. The Bertz CT molecular complexity index is 756. The standard InChI is InChI=1S/C18H17FN2O2/c1-12(22)20-15-9-7-14(8-10-15)18(23)21-11-3-5-13-4-2-6-16(19)17(13)21/h2,4,6-10H,3,5,11H2,1H3,(H,20,22). The Balaban J connectivity index is 1.89. The molecule has 2 aromatic rings. The van der Waals surface area contributed by atoms with E-state index < -0.39 is 0 Å². The minimum atomic E-state index is -0.370. The molecule has 1 aliphatic heterocycles. The number of rotatable bonds is 2. The molecule has 0 spiro atoms. The molecule has 0 unspecified atom stereocenters. The third kappa shape index (κ3) is 3.08. The Morgan fingerprint density at radius 1 is 1.13 bits per heavy atom. The molecule has 0 saturated carbocycles. The molecule has 0 bridgehead atoms. The predicted octanol–water partition coefficient (Wildman–Crippen LogP) is 3.38. The topological polar surface area (TPSA) is 49.4 Å². The lowest BCUT2D eigenvalue weighted by Gasteiger charge is -2.30. The van der Waals surface area contributed by atoms with Crippen LogP contribution in [-0.2, 0) is 11.2 Å². The minimum Gasteiger partial charge on any atom is -0.326 e. The molecule has 1 N–H and O–H groups in total. The van der Waals surface area contributed by atoms with Crippen LogP contribution < -0.4 is 10.2 Å². The zero-order valence-electron chi connectivity index (χ0n) is 12.8. The zero-order chi connectivity index (χ0) is 16.4. The maximum absolute atomic E-state index is 14.2. The summed E-state index contributed by atoms with van der Waals surface area (Å²) in [5.41, 5.74) is 2.34. The van der Waals surface area contributed by atoms with Crippen LogP contribution in [0.2, 0.25) is 0 Å². The number of halogens is 1. The molecule has 1 heterocycles. The van der Waals surface area contributed by atoms with Gasteiger partial charge in [0.2, 0.25) is 5.91 Å². The summed E-state index contributed by atoms with van der Waals surface area (Å²) in [5, 5.41) is 2.65. The van der Waals surface area contributed by atoms with Crippen LogP contribution in [0.15, 0.2) is 42.5 Å². The molecule has 0 fully saturated rings. The van der Waals surface area contributed by atoms with Crippen molar-refractivity contribution in [3.63, 3.8) is 0 Å². The quantitative estimate of drug-likeness (QED) is 0.924. The number of nitrogens with one attached hydrogen (secondary N) is 1. The first-order chi connectivity index (χ1) is 11.1. The Kier molecular flexibility index (Phi) is 4.10. The number of hydrogen-bond donors (Lipinski definition) is 1. The van der Waals surface area contributed by atoms with Gasteiger partial charge in [-0.15, -0.1) is 0 Å². The highest BCUT2D eigenvalue weighted by Crippen LogP contribution is 2.31. The molecule has 0 radical (unpaired) electrons. The molecule has 2 aromatic carbocycles. The van der Waals surface area contributed by atoms with Crippen LogP contribution in [0.25, 0.3) is 0 Å². The monoisotopic (exact) mass is 312 g/mol. The van der Waals surface area contributed by atoms with Crippen molar-refractivity contribution in [3.8, 4) is 0 Å². The van der Waals surface area contributed by atoms with Crippen molar-refractivity contribution in [2.75, 3.05) is 16.8 Å². The summed E-state index contributed by atoms with van der Waals surface area (Å²) >= 11 is 0. The molecule has 0 aromatic heterocycles. The molecule has 23 heavy (non-hydrogen) atoms. The van der Waals surface area contributed by atoms with Crippen LogP contribution in [0.4, 0.5) is 15.8 Å². The lowest BCUT2D eigenvalue weighted by Crippen LogP contribution is -2.36. The highest BCUT2D eigenvalue weighted by Gasteiger charge is 2.26. The van der Waals surface area contributed by atoms with E-state index >= 15 is 0 Å². The van der Waals surface area contributed by atoms with E-state index in [0.717, 1.165) is 18.4 Å². The normalized spacial score (nSPS) is 13.4. The van der Waals surface area contributed by atoms with Crippen LogP contribution in [0.5, 0.6) is 0 Å². The maximum atomic E-state index is 14.2. The summed E-state index contributed by atoms with van der Waals surface area (Å²) in [4.78, 5) is 25.2. The second-order valence-corrected chi connectivity index (χ2v) is 5.57. The molecular weight excluding hydrogens is 295 g/mol. The van der Waals surface area contributed by atoms with E-state index in [1.807, 2.05) is 6.07 Å². The Morgan fingerprint density at radius 2 is 1.87 bits per heavy atom. The van der Waals surface area contributed by atoms with E-state index in [4.69, 9.17) is 0 Å². The van der Waals surface area contributed by atoms with Crippen LogP contribution in [0.3, 0.4) is 0 Å². The summed E-state index contributed by atoms with van der Waals surface area (Å²) in [6, 6.07) is 11.5. The van der Waals surface area contributed by atoms with Crippen LogP contribution in [0.1, 0.15) is 29.3 Å². The number of anilines is 2. The average molecular weight is 312 g/mol. The second-order valence-electron chi connectivity index (χ2n) is 5.57. The van der Waals surface area contributed by atoms with Crippen molar-refractivity contribution in [2.24, 2.45) is 0 Å². The molecular formula is C18H17FN2O2. The SMILES string of the molecule is CC(=O)Nc1ccc(C(=O)N2CCCc3cccc(F)c32)cc1. The number of nitrogens with zero attached hydrogens (tertiary/aromatic N) is 1. The summed E-state index contributed by atoms with van der Waals surface area (Å²) < 4.78 is 14.2. The van der Waals surface area contributed by atoms with E-state index in [0.29, 0.717) is 23.5 Å². The highest BCUT2D eigenvalue weighted by atomic mass is 19.1. The average Bonchev–Trinajstić information content (AvgIpc) is 2.54. The van der Waals surface area contributed by atoms with Crippen molar-refractivity contribution in [1.29, 1.82) is 0 Å². The van der Waals surface area contributed by atoms with E-state index in [1.54, 1.807) is 30.3 Å². The van der Waals surface area contributed by atoms with Crippen molar-refractivity contribution in [3.05, 3.63) is 59.4 Å². The number of carbonyl (C=O) groups excluding carboxylic acids is 2. The van der Waals surface area contributed by atoms with Crippen molar-refractivity contribution >= 4 is 23.2 Å². The van der Waals surface area contributed by atoms with E-state index in [-0.39, 0.29) is 17.6 Å². The van der Waals surface area contributed by atoms with Gasteiger partial charge in [-0.3, -0.25) is 9.59 Å². The molecule has 4 nitrogen and oxygen atoms in total. The molecule has 0 saturated heterocycles. The van der Waals surface area contributed by atoms with Gasteiger partial charge in [-0.1, -0.05) is 12.1 Å². The number of para-hydroxylation sites is 1. The van der Waals surface area contributed by atoms with Gasteiger partial charge in [0.15, 0.2) is 0 Å². The fourth-order valence-corrected chi connectivity index (χ4v) is 2.86. The maximum Gasteiger partial charge on any atom is 0.258 e. The van der Waals surface area contributed by atoms with Gasteiger partial charge < -0.3 is 10.2 Å². The molecule has 1 aliphatic rings. The molecule has 3 rings (SSSR count). The van der Waals surface area contributed by atoms with Gasteiger partial charge in [0.25, 0.3) is 5.91 Å². The lowest BCUT2D eigenvalue weighted by molar-refractivity contribution is -0.114. The Hall–Kier alpha value is -2.69. The zero-order valence-corrected chi connectivity index (χ0v) is 12.8. The fourth-order valence-electron chi connectivity index (χ4n) is 2.86. The van der Waals surface area contributed by atoms with Gasteiger partial charge in [-0.2, -0.15) is 0 Å². The Morgan fingerprint density at radius 3 is 2.57 bits per heavy atom. The predicted molar refractivity (Wildman–Crippen MR) is 87.1 cm³/mol. The summed E-state index contributed by atoms with van der Waals surface area (Å²) in [6.45, 7) is 1.92. The lowest BCUT2D eigenvalue weighted by atomic mass is 10.0. The number of fused-ring (bicyclic) bond motifs is 1. The molecule has 2 amide bonds. The second kappa shape index (κ2) is 6.20. The number of amides is 2. The number of carbonyl (C=O) groups is 2. The number of benzene rings is 2. The summed E-state index contributed by atoms with van der Waals surface area (Å²) in [5.74, 6) is -0.771. The first-order valence-electron chi connectivity index (χ1n) is 7.53. The smallest absolute Gasteiger partial charge is 0.258 e. The van der Waals surface area contributed by atoms with Gasteiger partial charge in [0, 0.05) is 24.7 Å². The minimum absolute atomic E-state index is 0.170. The van der Waals surface area contributed by atoms with Crippen LogP contribution in [0, 0.1) is 5.82 Å². The van der Waals surface area contributed by atoms with Crippen LogP contribution >= 0.6 is 0 Å². The first kappa shape index (κ1) is 15.2. The third-order valence-electron chi connectivity index (χ3n) is 3.87. The van der Waals surface area contributed by atoms with Gasteiger partial charge in [0.1, 0.15) is 5.82 Å². The number of aryl methyl sites for hydroxylation is 1. The van der Waals surface area contributed by atoms with Gasteiger partial charge >= 0.3 is 0 Å². The van der Waals surface area contributed by atoms with E-state index in [9.17, 15) is 14.0 Å². The van der Waals surface area contributed by atoms with Crippen LogP contribution in [-0.4, -0.2) is 18.4 Å². The number of hydrogen-bond acceptors (Lipinski definition) is 2. The molecule has 0 atom stereocenters. The first-order valence-corrected chi connectivity index (χ1v) is 7.53. The Labute approximate surface area is 133 Å². The van der Waals surface area contributed by atoms with Gasteiger partial charge in [-0.05, 0) is 48.7 Å². The molecule has 0 aliphatic carbocycles.